The zero-order valence-corrected chi connectivity index (χ0v) is 9.71. The Labute approximate surface area is 90.1 Å². The van der Waals surface area contributed by atoms with Crippen LogP contribution < -0.4 is 0 Å². The third-order valence-electron chi connectivity index (χ3n) is 1.78. The molecule has 0 aromatic heterocycles. The maximum absolute atomic E-state index is 11.5. The van der Waals surface area contributed by atoms with Crippen molar-refractivity contribution in [2.75, 3.05) is 40.5 Å². The van der Waals surface area contributed by atoms with Gasteiger partial charge in [-0.25, -0.2) is 0 Å². The van der Waals surface area contributed by atoms with Crippen molar-refractivity contribution in [2.45, 2.75) is 12.3 Å². The highest BCUT2D eigenvalue weighted by Crippen LogP contribution is 2.01. The number of ether oxygens (including phenoxy) is 2. The van der Waals surface area contributed by atoms with Gasteiger partial charge in [0.2, 0.25) is 5.91 Å². The van der Waals surface area contributed by atoms with Gasteiger partial charge >= 0.3 is 0 Å². The van der Waals surface area contributed by atoms with Crippen LogP contribution in [0.3, 0.4) is 0 Å². The molecule has 0 fully saturated rings. The third-order valence-corrected chi connectivity index (χ3v) is 1.97. The summed E-state index contributed by atoms with van der Waals surface area (Å²) < 4.78 is 9.81. The predicted molar refractivity (Wildman–Crippen MR) is 55.6 cm³/mol. The summed E-state index contributed by atoms with van der Waals surface area (Å²) in [5.41, 5.74) is 0. The van der Waals surface area contributed by atoms with E-state index < -0.39 is 5.38 Å². The van der Waals surface area contributed by atoms with Crippen molar-refractivity contribution in [3.05, 3.63) is 0 Å². The minimum atomic E-state index is -0.497. The van der Waals surface area contributed by atoms with Gasteiger partial charge in [-0.1, -0.05) is 0 Å². The quantitative estimate of drug-likeness (QED) is 0.598. The number of rotatable bonds is 7. The van der Waals surface area contributed by atoms with Gasteiger partial charge in [0, 0.05) is 27.3 Å². The van der Waals surface area contributed by atoms with E-state index in [2.05, 4.69) is 0 Å². The van der Waals surface area contributed by atoms with Crippen LogP contribution in [0.5, 0.6) is 0 Å². The molecule has 4 nitrogen and oxygen atoms in total. The summed E-state index contributed by atoms with van der Waals surface area (Å²) in [7, 11) is 3.20. The van der Waals surface area contributed by atoms with Crippen molar-refractivity contribution in [2.24, 2.45) is 0 Å². The Morgan fingerprint density at radius 2 is 1.71 bits per heavy atom. The first-order valence-corrected chi connectivity index (χ1v) is 4.97. The second-order valence-corrected chi connectivity index (χ2v) is 3.58. The van der Waals surface area contributed by atoms with Crippen LogP contribution in [0, 0.1) is 0 Å². The molecular weight excluding hydrogens is 206 g/mol. The van der Waals surface area contributed by atoms with Crippen molar-refractivity contribution < 1.29 is 14.3 Å². The molecule has 1 atom stereocenters. The highest BCUT2D eigenvalue weighted by molar-refractivity contribution is 6.30. The number of hydrogen-bond donors (Lipinski definition) is 0. The second kappa shape index (κ2) is 8.03. The Hall–Kier alpha value is -0.320. The van der Waals surface area contributed by atoms with E-state index in [-0.39, 0.29) is 5.91 Å². The molecule has 0 bridgehead atoms. The van der Waals surface area contributed by atoms with Gasteiger partial charge in [0.05, 0.1) is 13.2 Å². The molecule has 0 saturated carbocycles. The van der Waals surface area contributed by atoms with Gasteiger partial charge in [0.25, 0.3) is 0 Å². The van der Waals surface area contributed by atoms with Gasteiger partial charge in [-0.05, 0) is 6.92 Å². The largest absolute Gasteiger partial charge is 0.383 e. The number of carbonyl (C=O) groups is 1. The first-order valence-electron chi connectivity index (χ1n) is 4.54. The average molecular weight is 224 g/mol. The number of hydrogen-bond acceptors (Lipinski definition) is 3. The lowest BCUT2D eigenvalue weighted by molar-refractivity contribution is -0.131. The van der Waals surface area contributed by atoms with Crippen molar-refractivity contribution in [3.8, 4) is 0 Å². The molecule has 0 aliphatic rings. The fraction of sp³-hybridized carbons (Fsp3) is 0.889. The van der Waals surface area contributed by atoms with Gasteiger partial charge in [0.1, 0.15) is 5.38 Å². The van der Waals surface area contributed by atoms with E-state index in [0.717, 1.165) is 0 Å². The number of nitrogens with zero attached hydrogens (tertiary/aromatic N) is 1. The molecule has 5 heteroatoms. The monoisotopic (exact) mass is 223 g/mol. The van der Waals surface area contributed by atoms with Crippen LogP contribution in [-0.4, -0.2) is 56.7 Å². The van der Waals surface area contributed by atoms with Crippen LogP contribution >= 0.6 is 11.6 Å². The Morgan fingerprint density at radius 1 is 1.29 bits per heavy atom. The number of amides is 1. The number of alkyl halides is 1. The van der Waals surface area contributed by atoms with E-state index in [9.17, 15) is 4.79 Å². The van der Waals surface area contributed by atoms with E-state index in [1.54, 1.807) is 26.0 Å². The number of methoxy groups -OCH3 is 2. The first kappa shape index (κ1) is 13.7. The summed E-state index contributed by atoms with van der Waals surface area (Å²) >= 11 is 5.71. The van der Waals surface area contributed by atoms with Crippen molar-refractivity contribution in [1.29, 1.82) is 0 Å². The van der Waals surface area contributed by atoms with E-state index in [0.29, 0.717) is 26.3 Å². The summed E-state index contributed by atoms with van der Waals surface area (Å²) in [6.07, 6.45) is 0. The molecule has 14 heavy (non-hydrogen) atoms. The highest BCUT2D eigenvalue weighted by atomic mass is 35.5. The molecule has 1 amide bonds. The van der Waals surface area contributed by atoms with Crippen LogP contribution in [0.15, 0.2) is 0 Å². The van der Waals surface area contributed by atoms with Crippen LogP contribution in [0.2, 0.25) is 0 Å². The molecule has 0 aromatic carbocycles. The van der Waals surface area contributed by atoms with Crippen LogP contribution in [0.25, 0.3) is 0 Å². The first-order chi connectivity index (χ1) is 6.63. The zero-order chi connectivity index (χ0) is 11.0. The lowest BCUT2D eigenvalue weighted by Crippen LogP contribution is -2.40. The Kier molecular flexibility index (Phi) is 7.84. The topological polar surface area (TPSA) is 38.8 Å². The van der Waals surface area contributed by atoms with E-state index in [1.165, 1.54) is 0 Å². The number of carbonyl (C=O) groups excluding carboxylic acids is 1. The molecule has 0 radical (unpaired) electrons. The van der Waals surface area contributed by atoms with Gasteiger partial charge in [0.15, 0.2) is 0 Å². The van der Waals surface area contributed by atoms with Gasteiger partial charge in [-0.3, -0.25) is 4.79 Å². The summed E-state index contributed by atoms with van der Waals surface area (Å²) in [5, 5.41) is -0.497. The lowest BCUT2D eigenvalue weighted by Gasteiger charge is -2.23. The van der Waals surface area contributed by atoms with Gasteiger partial charge in [-0.15, -0.1) is 11.6 Å². The van der Waals surface area contributed by atoms with E-state index >= 15 is 0 Å². The van der Waals surface area contributed by atoms with E-state index in [4.69, 9.17) is 21.1 Å². The maximum Gasteiger partial charge on any atom is 0.240 e. The predicted octanol–water partition coefficient (Wildman–Crippen LogP) is 0.735. The molecule has 0 aliphatic carbocycles. The minimum Gasteiger partial charge on any atom is -0.383 e. The molecule has 0 heterocycles. The molecule has 1 unspecified atom stereocenters. The summed E-state index contributed by atoms with van der Waals surface area (Å²) in [4.78, 5) is 13.2. The van der Waals surface area contributed by atoms with Gasteiger partial charge in [-0.2, -0.15) is 0 Å². The molecular formula is C9H18ClNO3. The molecule has 0 spiro atoms. The Bertz CT molecular complexity index is 156. The fourth-order valence-corrected chi connectivity index (χ4v) is 1.12. The minimum absolute atomic E-state index is 0.0826. The maximum atomic E-state index is 11.5. The summed E-state index contributed by atoms with van der Waals surface area (Å²) in [5.74, 6) is -0.0826. The van der Waals surface area contributed by atoms with Crippen LogP contribution in [0.1, 0.15) is 6.92 Å². The third kappa shape index (κ3) is 5.42. The Balaban J connectivity index is 4.01. The van der Waals surface area contributed by atoms with E-state index in [1.807, 2.05) is 0 Å². The zero-order valence-electron chi connectivity index (χ0n) is 8.96. The highest BCUT2D eigenvalue weighted by Gasteiger charge is 2.17. The molecule has 0 N–H and O–H groups in total. The standard InChI is InChI=1S/C9H18ClNO3/c1-8(10)9(12)11(4-6-13-2)5-7-14-3/h8H,4-7H2,1-3H3. The number of halogens is 1. The summed E-state index contributed by atoms with van der Waals surface area (Å²) in [6.45, 7) is 3.79. The molecule has 0 rings (SSSR count). The van der Waals surface area contributed by atoms with Gasteiger partial charge < -0.3 is 14.4 Å². The average Bonchev–Trinajstić information content (AvgIpc) is 2.17. The second-order valence-electron chi connectivity index (χ2n) is 2.93. The van der Waals surface area contributed by atoms with Crippen molar-refractivity contribution in [1.82, 2.24) is 4.90 Å². The molecule has 0 aromatic rings. The molecule has 84 valence electrons. The smallest absolute Gasteiger partial charge is 0.240 e. The lowest BCUT2D eigenvalue weighted by atomic mass is 10.3. The van der Waals surface area contributed by atoms with Crippen molar-refractivity contribution >= 4 is 17.5 Å². The van der Waals surface area contributed by atoms with Crippen LogP contribution in [-0.2, 0) is 14.3 Å². The van der Waals surface area contributed by atoms with Crippen LogP contribution in [0.4, 0.5) is 0 Å². The van der Waals surface area contributed by atoms with Crippen molar-refractivity contribution in [3.63, 3.8) is 0 Å². The SMILES string of the molecule is COCCN(CCOC)C(=O)C(C)Cl. The fourth-order valence-electron chi connectivity index (χ4n) is 0.987. The normalized spacial score (nSPS) is 12.6. The Morgan fingerprint density at radius 3 is 2.00 bits per heavy atom. The summed E-state index contributed by atoms with van der Waals surface area (Å²) in [6, 6.07) is 0. The molecule has 0 aliphatic heterocycles. The molecule has 0 saturated heterocycles.